The van der Waals surface area contributed by atoms with Crippen LogP contribution in [0.3, 0.4) is 0 Å². The van der Waals surface area contributed by atoms with E-state index >= 15 is 0 Å². The van der Waals surface area contributed by atoms with E-state index < -0.39 is 0 Å². The highest BCUT2D eigenvalue weighted by molar-refractivity contribution is 5.68. The van der Waals surface area contributed by atoms with Crippen molar-refractivity contribution in [1.82, 2.24) is 0 Å². The Hall–Kier alpha value is -1.87. The van der Waals surface area contributed by atoms with Gasteiger partial charge in [0.1, 0.15) is 5.82 Å². The summed E-state index contributed by atoms with van der Waals surface area (Å²) in [5, 5.41) is 0. The van der Waals surface area contributed by atoms with Gasteiger partial charge >= 0.3 is 0 Å². The fourth-order valence-corrected chi connectivity index (χ4v) is 2.62. The number of anilines is 2. The number of hydrogen-bond donors (Lipinski definition) is 1. The first-order chi connectivity index (χ1) is 9.79. The second kappa shape index (κ2) is 5.86. The molecule has 2 nitrogen and oxygen atoms in total. The Morgan fingerprint density at radius 3 is 2.10 bits per heavy atom. The zero-order valence-corrected chi connectivity index (χ0v) is 13.4. The van der Waals surface area contributed by atoms with Gasteiger partial charge in [-0.25, -0.2) is 4.39 Å². The number of aryl methyl sites for hydroxylation is 3. The molecular weight excluding hydrogens is 263 g/mol. The molecule has 0 radical (unpaired) electrons. The lowest BCUT2D eigenvalue weighted by Gasteiger charge is -2.25. The lowest BCUT2D eigenvalue weighted by Crippen LogP contribution is -2.16. The summed E-state index contributed by atoms with van der Waals surface area (Å²) in [4.78, 5) is 2.07. The minimum absolute atomic E-state index is 0.208. The van der Waals surface area contributed by atoms with Crippen molar-refractivity contribution in [2.45, 2.75) is 33.7 Å². The van der Waals surface area contributed by atoms with Gasteiger partial charge in [0.15, 0.2) is 0 Å². The molecule has 2 aromatic rings. The summed E-state index contributed by atoms with van der Waals surface area (Å²) in [7, 11) is 1.99. The topological polar surface area (TPSA) is 29.3 Å². The molecule has 1 atom stereocenters. The molecule has 2 rings (SSSR count). The van der Waals surface area contributed by atoms with Crippen LogP contribution in [-0.2, 0) is 0 Å². The van der Waals surface area contributed by atoms with E-state index in [0.29, 0.717) is 5.56 Å². The molecule has 0 aliphatic rings. The highest BCUT2D eigenvalue weighted by atomic mass is 19.1. The fraction of sp³-hybridized carbons (Fsp3) is 0.333. The normalized spacial score (nSPS) is 12.3. The number of nitrogens with zero attached hydrogens (tertiary/aromatic N) is 1. The first-order valence-electron chi connectivity index (χ1n) is 7.17. The van der Waals surface area contributed by atoms with Gasteiger partial charge in [0.2, 0.25) is 0 Å². The van der Waals surface area contributed by atoms with Crippen LogP contribution in [0.5, 0.6) is 0 Å². The Labute approximate surface area is 126 Å². The van der Waals surface area contributed by atoms with Crippen molar-refractivity contribution in [1.29, 1.82) is 0 Å². The molecule has 3 heteroatoms. The number of halogens is 1. The molecule has 0 aliphatic heterocycles. The quantitative estimate of drug-likeness (QED) is 0.897. The smallest absolute Gasteiger partial charge is 0.126 e. The molecule has 112 valence electrons. The van der Waals surface area contributed by atoms with Crippen molar-refractivity contribution in [3.8, 4) is 0 Å². The molecule has 0 saturated heterocycles. The maximum Gasteiger partial charge on any atom is 0.126 e. The van der Waals surface area contributed by atoms with Gasteiger partial charge in [-0.3, -0.25) is 0 Å². The predicted octanol–water partition coefficient (Wildman–Crippen LogP) is 4.54. The largest absolute Gasteiger partial charge is 0.344 e. The Morgan fingerprint density at radius 1 is 1.00 bits per heavy atom. The van der Waals surface area contributed by atoms with Crippen LogP contribution in [0.2, 0.25) is 0 Å². The predicted molar refractivity (Wildman–Crippen MR) is 87.7 cm³/mol. The molecule has 0 amide bonds. The summed E-state index contributed by atoms with van der Waals surface area (Å²) in [5.41, 5.74) is 11.9. The first kappa shape index (κ1) is 15.5. The SMILES string of the molecule is Cc1cc(C)cc(N(C)c2cc(C)c(F)cc2C(C)N)c1. The summed E-state index contributed by atoms with van der Waals surface area (Å²) in [5.74, 6) is -0.208. The third kappa shape index (κ3) is 3.24. The zero-order valence-electron chi connectivity index (χ0n) is 13.4. The molecule has 1 unspecified atom stereocenters. The van der Waals surface area contributed by atoms with Gasteiger partial charge in [-0.1, -0.05) is 6.07 Å². The van der Waals surface area contributed by atoms with E-state index in [4.69, 9.17) is 5.73 Å². The summed E-state index contributed by atoms with van der Waals surface area (Å²) < 4.78 is 13.8. The highest BCUT2D eigenvalue weighted by Gasteiger charge is 2.15. The fourth-order valence-electron chi connectivity index (χ4n) is 2.62. The van der Waals surface area contributed by atoms with Crippen LogP contribution >= 0.6 is 0 Å². The van der Waals surface area contributed by atoms with Crippen LogP contribution in [0.25, 0.3) is 0 Å². The van der Waals surface area contributed by atoms with E-state index in [1.807, 2.05) is 20.0 Å². The van der Waals surface area contributed by atoms with Gasteiger partial charge in [-0.2, -0.15) is 0 Å². The Morgan fingerprint density at radius 2 is 1.57 bits per heavy atom. The minimum atomic E-state index is -0.219. The van der Waals surface area contributed by atoms with Crippen LogP contribution in [0.15, 0.2) is 30.3 Å². The standard InChI is InChI=1S/C18H23FN2/c1-11-6-12(2)8-15(7-11)21(5)18-9-13(3)17(19)10-16(18)14(4)20/h6-10,14H,20H2,1-5H3. The second-order valence-electron chi connectivity index (χ2n) is 5.85. The molecule has 0 saturated carbocycles. The van der Waals surface area contributed by atoms with E-state index in [1.54, 1.807) is 13.0 Å². The Balaban J connectivity index is 2.56. The second-order valence-corrected chi connectivity index (χ2v) is 5.85. The Bertz CT molecular complexity index is 642. The molecule has 21 heavy (non-hydrogen) atoms. The van der Waals surface area contributed by atoms with Crippen molar-refractivity contribution in [3.05, 3.63) is 58.4 Å². The molecule has 0 bridgehead atoms. The van der Waals surface area contributed by atoms with Crippen LogP contribution < -0.4 is 10.6 Å². The van der Waals surface area contributed by atoms with Crippen LogP contribution in [0.4, 0.5) is 15.8 Å². The molecule has 0 aromatic heterocycles. The third-order valence-electron chi connectivity index (χ3n) is 3.75. The average molecular weight is 286 g/mol. The summed E-state index contributed by atoms with van der Waals surface area (Å²) in [6.45, 7) is 7.81. The molecule has 2 N–H and O–H groups in total. The van der Waals surface area contributed by atoms with E-state index in [2.05, 4.69) is 36.9 Å². The lowest BCUT2D eigenvalue weighted by atomic mass is 10.0. The monoisotopic (exact) mass is 286 g/mol. The van der Waals surface area contributed by atoms with Crippen molar-refractivity contribution in [2.75, 3.05) is 11.9 Å². The summed E-state index contributed by atoms with van der Waals surface area (Å²) >= 11 is 0. The highest BCUT2D eigenvalue weighted by Crippen LogP contribution is 2.33. The number of hydrogen-bond acceptors (Lipinski definition) is 2. The molecule has 2 aromatic carbocycles. The van der Waals surface area contributed by atoms with Gasteiger partial charge in [-0.05, 0) is 74.2 Å². The molecular formula is C18H23FN2. The van der Waals surface area contributed by atoms with Gasteiger partial charge in [0, 0.05) is 24.5 Å². The van der Waals surface area contributed by atoms with Crippen molar-refractivity contribution >= 4 is 11.4 Å². The average Bonchev–Trinajstić information content (AvgIpc) is 2.39. The van der Waals surface area contributed by atoms with Crippen LogP contribution in [0, 0.1) is 26.6 Å². The summed E-state index contributed by atoms with van der Waals surface area (Å²) in [6, 6.07) is 9.58. The summed E-state index contributed by atoms with van der Waals surface area (Å²) in [6.07, 6.45) is 0. The number of benzene rings is 2. The first-order valence-corrected chi connectivity index (χ1v) is 7.17. The maximum atomic E-state index is 13.8. The van der Waals surface area contributed by atoms with E-state index in [-0.39, 0.29) is 11.9 Å². The van der Waals surface area contributed by atoms with Crippen molar-refractivity contribution < 1.29 is 4.39 Å². The van der Waals surface area contributed by atoms with E-state index in [1.165, 1.54) is 11.1 Å². The maximum absolute atomic E-state index is 13.8. The molecule has 0 fully saturated rings. The van der Waals surface area contributed by atoms with Gasteiger partial charge < -0.3 is 10.6 Å². The van der Waals surface area contributed by atoms with Crippen molar-refractivity contribution in [2.24, 2.45) is 5.73 Å². The molecule has 0 spiro atoms. The van der Waals surface area contributed by atoms with E-state index in [0.717, 1.165) is 16.9 Å². The number of rotatable bonds is 3. The molecule has 0 aliphatic carbocycles. The Kier molecular flexibility index (Phi) is 4.33. The van der Waals surface area contributed by atoms with Gasteiger partial charge in [0.05, 0.1) is 0 Å². The lowest BCUT2D eigenvalue weighted by molar-refractivity contribution is 0.613. The molecule has 0 heterocycles. The van der Waals surface area contributed by atoms with Gasteiger partial charge in [-0.15, -0.1) is 0 Å². The van der Waals surface area contributed by atoms with Gasteiger partial charge in [0.25, 0.3) is 0 Å². The third-order valence-corrected chi connectivity index (χ3v) is 3.75. The van der Waals surface area contributed by atoms with E-state index in [9.17, 15) is 4.39 Å². The van der Waals surface area contributed by atoms with Crippen LogP contribution in [-0.4, -0.2) is 7.05 Å². The van der Waals surface area contributed by atoms with Crippen molar-refractivity contribution in [3.63, 3.8) is 0 Å². The van der Waals surface area contributed by atoms with Crippen LogP contribution in [0.1, 0.15) is 35.2 Å². The minimum Gasteiger partial charge on any atom is -0.344 e. The number of nitrogens with two attached hydrogens (primary N) is 1. The zero-order chi connectivity index (χ0) is 15.7.